The van der Waals surface area contributed by atoms with Crippen LogP contribution in [-0.2, 0) is 9.59 Å². The molecule has 0 N–H and O–H groups in total. The van der Waals surface area contributed by atoms with Gasteiger partial charge in [-0.15, -0.1) is 0 Å². The first-order valence-electron chi connectivity index (χ1n) is 6.86. The van der Waals surface area contributed by atoms with Crippen molar-refractivity contribution in [2.24, 2.45) is 23.2 Å². The number of fused-ring (bicyclic) bond motifs is 5. The molecule has 18 heavy (non-hydrogen) atoms. The summed E-state index contributed by atoms with van der Waals surface area (Å²) in [5, 5.41) is 0. The van der Waals surface area contributed by atoms with Gasteiger partial charge in [0.15, 0.2) is 5.78 Å². The second-order valence-electron chi connectivity index (χ2n) is 5.45. The van der Waals surface area contributed by atoms with Gasteiger partial charge in [-0.25, -0.2) is 0 Å². The maximum Gasteiger partial charge on any atom is 0.240 e. The fourth-order valence-electron chi connectivity index (χ4n) is 3.94. The van der Waals surface area contributed by atoms with E-state index in [1.54, 1.807) is 4.90 Å². The van der Waals surface area contributed by atoms with Gasteiger partial charge in [0, 0.05) is 24.9 Å². The van der Waals surface area contributed by atoms with Gasteiger partial charge >= 0.3 is 0 Å². The van der Waals surface area contributed by atoms with Crippen LogP contribution in [0.1, 0.15) is 20.3 Å². The molecule has 0 spiro atoms. The number of carbonyl (C=O) groups is 2. The summed E-state index contributed by atoms with van der Waals surface area (Å²) in [6.07, 6.45) is 9.02. The molecule has 96 valence electrons. The van der Waals surface area contributed by atoms with Crippen molar-refractivity contribution < 1.29 is 9.59 Å². The second kappa shape index (κ2) is 3.81. The van der Waals surface area contributed by atoms with Crippen molar-refractivity contribution in [3.05, 3.63) is 24.3 Å². The van der Waals surface area contributed by atoms with E-state index < -0.39 is 5.41 Å². The summed E-state index contributed by atoms with van der Waals surface area (Å²) in [6, 6.07) is 0. The zero-order valence-electron chi connectivity index (χ0n) is 10.9. The van der Waals surface area contributed by atoms with Crippen LogP contribution < -0.4 is 0 Å². The molecule has 1 fully saturated rings. The van der Waals surface area contributed by atoms with E-state index in [0.29, 0.717) is 19.0 Å². The Bertz CT molecular complexity index is 461. The van der Waals surface area contributed by atoms with E-state index in [4.69, 9.17) is 0 Å². The molecular formula is C15H19NO2. The summed E-state index contributed by atoms with van der Waals surface area (Å²) in [5.74, 6) is 0.564. The van der Waals surface area contributed by atoms with Gasteiger partial charge in [0.25, 0.3) is 0 Å². The smallest absolute Gasteiger partial charge is 0.240 e. The number of hydrogen-bond donors (Lipinski definition) is 0. The van der Waals surface area contributed by atoms with E-state index >= 15 is 0 Å². The number of carbonyl (C=O) groups excluding carboxylic acids is 2. The molecule has 3 heteroatoms. The highest BCUT2D eigenvalue weighted by molar-refractivity contribution is 6.14. The number of rotatable bonds is 3. The first kappa shape index (κ1) is 11.7. The van der Waals surface area contributed by atoms with Crippen molar-refractivity contribution in [1.29, 1.82) is 0 Å². The van der Waals surface area contributed by atoms with Crippen molar-refractivity contribution in [1.82, 2.24) is 4.90 Å². The Morgan fingerprint density at radius 3 is 2.78 bits per heavy atom. The van der Waals surface area contributed by atoms with E-state index in [1.165, 1.54) is 0 Å². The van der Waals surface area contributed by atoms with Crippen molar-refractivity contribution in [2.45, 2.75) is 20.3 Å². The third-order valence-corrected chi connectivity index (χ3v) is 4.88. The number of allylic oxidation sites excluding steroid dienone is 3. The molecule has 3 aliphatic rings. The molecule has 4 atom stereocenters. The molecule has 2 bridgehead atoms. The highest BCUT2D eigenvalue weighted by atomic mass is 16.2. The molecule has 0 unspecified atom stereocenters. The van der Waals surface area contributed by atoms with Gasteiger partial charge in [-0.2, -0.15) is 0 Å². The minimum atomic E-state index is -0.867. The minimum Gasteiger partial charge on any atom is -0.342 e. The Labute approximate surface area is 108 Å². The fraction of sp³-hybridized carbons (Fsp3) is 0.600. The van der Waals surface area contributed by atoms with E-state index in [9.17, 15) is 9.59 Å². The van der Waals surface area contributed by atoms with Crippen molar-refractivity contribution >= 4 is 11.7 Å². The van der Waals surface area contributed by atoms with Crippen LogP contribution in [0.15, 0.2) is 24.3 Å². The molecule has 1 saturated carbocycles. The predicted octanol–water partition coefficient (Wildman–Crippen LogP) is 1.80. The summed E-state index contributed by atoms with van der Waals surface area (Å²) in [4.78, 5) is 27.1. The topological polar surface area (TPSA) is 37.4 Å². The third-order valence-electron chi connectivity index (χ3n) is 4.88. The lowest BCUT2D eigenvalue weighted by Crippen LogP contribution is -2.47. The van der Waals surface area contributed by atoms with Crippen LogP contribution >= 0.6 is 0 Å². The molecule has 3 nitrogen and oxygen atoms in total. The summed E-state index contributed by atoms with van der Waals surface area (Å²) in [7, 11) is 0. The van der Waals surface area contributed by atoms with Crippen LogP contribution in [0.3, 0.4) is 0 Å². The highest BCUT2D eigenvalue weighted by Gasteiger charge is 2.65. The lowest BCUT2D eigenvalue weighted by molar-refractivity contribution is -0.145. The van der Waals surface area contributed by atoms with Gasteiger partial charge in [0.1, 0.15) is 5.41 Å². The summed E-state index contributed by atoms with van der Waals surface area (Å²) in [5.41, 5.74) is -0.867. The fourth-order valence-corrected chi connectivity index (χ4v) is 3.94. The van der Waals surface area contributed by atoms with Gasteiger partial charge in [0.2, 0.25) is 5.91 Å². The van der Waals surface area contributed by atoms with Gasteiger partial charge in [-0.05, 0) is 26.2 Å². The number of amides is 1. The van der Waals surface area contributed by atoms with Crippen LogP contribution in [0.2, 0.25) is 0 Å². The molecule has 0 aromatic carbocycles. The predicted molar refractivity (Wildman–Crippen MR) is 68.7 cm³/mol. The molecule has 0 heterocycles. The van der Waals surface area contributed by atoms with Crippen LogP contribution in [0.4, 0.5) is 0 Å². The van der Waals surface area contributed by atoms with Crippen LogP contribution in [0.5, 0.6) is 0 Å². The van der Waals surface area contributed by atoms with E-state index in [2.05, 4.69) is 12.2 Å². The first-order chi connectivity index (χ1) is 8.66. The lowest BCUT2D eigenvalue weighted by Gasteiger charge is -2.33. The Kier molecular flexibility index (Phi) is 2.47. The summed E-state index contributed by atoms with van der Waals surface area (Å²) >= 11 is 0. The second-order valence-corrected chi connectivity index (χ2v) is 5.45. The van der Waals surface area contributed by atoms with Gasteiger partial charge in [-0.3, -0.25) is 9.59 Å². The average Bonchev–Trinajstić information content (AvgIpc) is 3.02. The Balaban J connectivity index is 2.03. The first-order valence-corrected chi connectivity index (χ1v) is 6.86. The molecule has 3 rings (SSSR count). The zero-order chi connectivity index (χ0) is 12.9. The van der Waals surface area contributed by atoms with E-state index in [0.717, 1.165) is 6.42 Å². The zero-order valence-corrected chi connectivity index (χ0v) is 10.9. The van der Waals surface area contributed by atoms with Crippen molar-refractivity contribution in [2.75, 3.05) is 13.1 Å². The highest BCUT2D eigenvalue weighted by Crippen LogP contribution is 2.58. The van der Waals surface area contributed by atoms with E-state index in [1.807, 2.05) is 26.0 Å². The largest absolute Gasteiger partial charge is 0.342 e. The lowest BCUT2D eigenvalue weighted by atomic mass is 9.74. The van der Waals surface area contributed by atoms with E-state index in [-0.39, 0.29) is 23.5 Å². The molecule has 0 aromatic heterocycles. The molecule has 0 saturated heterocycles. The van der Waals surface area contributed by atoms with Crippen LogP contribution in [0.25, 0.3) is 0 Å². The Morgan fingerprint density at radius 2 is 2.11 bits per heavy atom. The molecular weight excluding hydrogens is 226 g/mol. The van der Waals surface area contributed by atoms with Gasteiger partial charge < -0.3 is 4.90 Å². The SMILES string of the molecule is CCN(CC)C(=O)[C@]12C=C[C@H](C1=O)[C@@H]1CC=C[C@@H]12. The van der Waals surface area contributed by atoms with Gasteiger partial charge in [-0.1, -0.05) is 24.3 Å². The van der Waals surface area contributed by atoms with Crippen LogP contribution in [-0.4, -0.2) is 29.7 Å². The number of hydrogen-bond acceptors (Lipinski definition) is 2. The van der Waals surface area contributed by atoms with Crippen molar-refractivity contribution in [3.8, 4) is 0 Å². The van der Waals surface area contributed by atoms with Gasteiger partial charge in [0.05, 0.1) is 0 Å². The monoisotopic (exact) mass is 245 g/mol. The summed E-state index contributed by atoms with van der Waals surface area (Å²) in [6.45, 7) is 5.28. The molecule has 3 aliphatic carbocycles. The number of Topliss-reactive ketones (excluding diaryl/α,β-unsaturated/α-hetero) is 1. The third kappa shape index (κ3) is 1.15. The van der Waals surface area contributed by atoms with Crippen molar-refractivity contribution in [3.63, 3.8) is 0 Å². The Morgan fingerprint density at radius 1 is 1.39 bits per heavy atom. The Hall–Kier alpha value is -1.38. The van der Waals surface area contributed by atoms with Crippen LogP contribution in [0, 0.1) is 23.2 Å². The maximum atomic E-state index is 12.8. The molecule has 0 aromatic rings. The molecule has 0 aliphatic heterocycles. The molecule has 0 radical (unpaired) electrons. The molecule has 1 amide bonds. The average molecular weight is 245 g/mol. The normalized spacial score (nSPS) is 39.4. The number of nitrogens with zero attached hydrogens (tertiary/aromatic N) is 1. The summed E-state index contributed by atoms with van der Waals surface area (Å²) < 4.78 is 0. The standard InChI is InChI=1S/C15H19NO2/c1-3-16(4-2)14(18)15-9-8-11(13(15)17)10-6-5-7-12(10)15/h5,7-12H,3-4,6H2,1-2H3/t10-,11-,12-,15-/m0/s1. The quantitative estimate of drug-likeness (QED) is 0.561. The maximum absolute atomic E-state index is 12.8. The minimum absolute atomic E-state index is 0.00954. The number of ketones is 1.